The van der Waals surface area contributed by atoms with Crippen molar-refractivity contribution in [1.29, 1.82) is 0 Å². The van der Waals surface area contributed by atoms with Crippen LogP contribution in [-0.4, -0.2) is 76.1 Å². The molecule has 0 spiro atoms. The highest BCUT2D eigenvalue weighted by Crippen LogP contribution is 2.33. The van der Waals surface area contributed by atoms with Gasteiger partial charge in [-0.25, -0.2) is 15.0 Å². The smallest absolute Gasteiger partial charge is 0.157 e. The molecule has 0 aliphatic carbocycles. The van der Waals surface area contributed by atoms with E-state index in [2.05, 4.69) is 81.9 Å². The summed E-state index contributed by atoms with van der Waals surface area (Å²) in [5.74, 6) is 1.83. The molecule has 5 rings (SSSR count). The predicted molar refractivity (Wildman–Crippen MR) is 136 cm³/mol. The van der Waals surface area contributed by atoms with Gasteiger partial charge in [0.25, 0.3) is 0 Å². The van der Waals surface area contributed by atoms with Crippen molar-refractivity contribution in [3.8, 4) is 16.9 Å². The normalized spacial score (nSPS) is 19.0. The van der Waals surface area contributed by atoms with Crippen LogP contribution in [-0.2, 0) is 6.54 Å². The van der Waals surface area contributed by atoms with Crippen molar-refractivity contribution in [3.63, 3.8) is 0 Å². The van der Waals surface area contributed by atoms with Gasteiger partial charge < -0.3 is 14.6 Å². The maximum atomic E-state index is 6.19. The van der Waals surface area contributed by atoms with Gasteiger partial charge in [0, 0.05) is 36.1 Å². The second-order valence-electron chi connectivity index (χ2n) is 9.37. The number of hydrogen-bond acceptors (Lipinski definition) is 7. The Hall–Kier alpha value is -3.23. The Morgan fingerprint density at radius 1 is 1.18 bits per heavy atom. The number of pyridine rings is 1. The third kappa shape index (κ3) is 4.31. The van der Waals surface area contributed by atoms with E-state index in [1.165, 1.54) is 11.1 Å². The molecule has 1 atom stereocenters. The molecule has 4 heterocycles. The zero-order chi connectivity index (χ0) is 23.8. The summed E-state index contributed by atoms with van der Waals surface area (Å²) in [5.41, 5.74) is 7.56. The molecule has 0 saturated heterocycles. The second-order valence-corrected chi connectivity index (χ2v) is 9.37. The first-order chi connectivity index (χ1) is 16.4. The number of aromatic nitrogens is 3. The van der Waals surface area contributed by atoms with Gasteiger partial charge >= 0.3 is 0 Å². The minimum atomic E-state index is 0.160. The lowest BCUT2D eigenvalue weighted by Crippen LogP contribution is -2.53. The fourth-order valence-corrected chi connectivity index (χ4v) is 4.98. The molecule has 1 aromatic carbocycles. The van der Waals surface area contributed by atoms with E-state index in [1.54, 1.807) is 0 Å². The predicted octanol–water partition coefficient (Wildman–Crippen LogP) is 4.00. The standard InChI is InChI=1S/C26H33N7O/c1-6-22-17(2)28-15-33(16-31(4)5)26(22)32-9-10-34-24-8-7-19(11-21(24)14-32)20-12-23-25(27-13-20)30-18(3)29-23/h7-8,11-13,15,26H,6,9-10,14,16H2,1-5H3,(H,27,29,30). The Kier molecular flexibility index (Phi) is 6.10. The number of allylic oxidation sites excluding steroid dienone is 1. The summed E-state index contributed by atoms with van der Waals surface area (Å²) in [7, 11) is 4.20. The molecule has 2 aromatic heterocycles. The highest BCUT2D eigenvalue weighted by atomic mass is 16.5. The van der Waals surface area contributed by atoms with Gasteiger partial charge in [-0.3, -0.25) is 9.80 Å². The molecule has 2 aliphatic rings. The Morgan fingerprint density at radius 2 is 2.03 bits per heavy atom. The molecule has 34 heavy (non-hydrogen) atoms. The fourth-order valence-electron chi connectivity index (χ4n) is 4.98. The molecule has 3 aromatic rings. The molecule has 178 valence electrons. The van der Waals surface area contributed by atoms with Crippen molar-refractivity contribution >= 4 is 17.5 Å². The molecule has 0 saturated carbocycles. The van der Waals surface area contributed by atoms with Crippen LogP contribution in [0.4, 0.5) is 0 Å². The molecular weight excluding hydrogens is 426 g/mol. The van der Waals surface area contributed by atoms with Crippen molar-refractivity contribution < 1.29 is 4.74 Å². The van der Waals surface area contributed by atoms with E-state index in [1.807, 2.05) is 19.5 Å². The highest BCUT2D eigenvalue weighted by molar-refractivity contribution is 5.78. The molecule has 2 aliphatic heterocycles. The van der Waals surface area contributed by atoms with Crippen LogP contribution in [0, 0.1) is 6.92 Å². The molecule has 0 radical (unpaired) electrons. The first-order valence-corrected chi connectivity index (χ1v) is 11.9. The Bertz CT molecular complexity index is 1260. The molecule has 1 N–H and O–H groups in total. The third-order valence-corrected chi connectivity index (χ3v) is 6.52. The topological polar surface area (TPSA) is 72.9 Å². The van der Waals surface area contributed by atoms with E-state index in [9.17, 15) is 0 Å². The van der Waals surface area contributed by atoms with E-state index in [0.29, 0.717) is 6.61 Å². The van der Waals surface area contributed by atoms with Crippen LogP contribution in [0.1, 0.15) is 31.7 Å². The number of H-pyrrole nitrogens is 1. The van der Waals surface area contributed by atoms with E-state index in [0.717, 1.165) is 65.7 Å². The maximum Gasteiger partial charge on any atom is 0.157 e. The number of fused-ring (bicyclic) bond motifs is 2. The fraction of sp³-hybridized carbons (Fsp3) is 0.423. The number of aryl methyl sites for hydroxylation is 1. The molecule has 1 unspecified atom stereocenters. The van der Waals surface area contributed by atoms with Crippen LogP contribution < -0.4 is 4.74 Å². The van der Waals surface area contributed by atoms with Gasteiger partial charge in [-0.15, -0.1) is 0 Å². The molecule has 8 nitrogen and oxygen atoms in total. The molecule has 0 fully saturated rings. The number of benzene rings is 1. The molecule has 8 heteroatoms. The highest BCUT2D eigenvalue weighted by Gasteiger charge is 2.32. The van der Waals surface area contributed by atoms with Gasteiger partial charge in [0.1, 0.15) is 29.9 Å². The average molecular weight is 460 g/mol. The van der Waals surface area contributed by atoms with E-state index in [4.69, 9.17) is 9.73 Å². The number of nitrogens with zero attached hydrogens (tertiary/aromatic N) is 6. The van der Waals surface area contributed by atoms with Crippen molar-refractivity contribution in [2.75, 3.05) is 33.9 Å². The Labute approximate surface area is 201 Å². The minimum Gasteiger partial charge on any atom is -0.492 e. The summed E-state index contributed by atoms with van der Waals surface area (Å²) >= 11 is 0. The summed E-state index contributed by atoms with van der Waals surface area (Å²) in [5, 5.41) is 0. The Balaban J connectivity index is 1.49. The molecule has 0 amide bonds. The van der Waals surface area contributed by atoms with Crippen LogP contribution in [0.5, 0.6) is 5.75 Å². The van der Waals surface area contributed by atoms with Crippen LogP contribution in [0.3, 0.4) is 0 Å². The largest absolute Gasteiger partial charge is 0.492 e. The summed E-state index contributed by atoms with van der Waals surface area (Å²) in [6.07, 6.45) is 5.04. The van der Waals surface area contributed by atoms with Gasteiger partial charge in [-0.2, -0.15) is 0 Å². The number of hydrogen-bond donors (Lipinski definition) is 1. The zero-order valence-electron chi connectivity index (χ0n) is 20.7. The number of aliphatic imine (C=N–C) groups is 1. The van der Waals surface area contributed by atoms with Gasteiger partial charge in [-0.05, 0) is 63.7 Å². The number of nitrogens with one attached hydrogen (secondary N) is 1. The summed E-state index contributed by atoms with van der Waals surface area (Å²) in [4.78, 5) is 24.1. The number of rotatable bonds is 5. The van der Waals surface area contributed by atoms with Gasteiger partial charge in [0.05, 0.1) is 13.0 Å². The zero-order valence-corrected chi connectivity index (χ0v) is 20.7. The SMILES string of the molecule is CCC1=C(C)N=CN(CN(C)C)C1N1CCOc2ccc(-c3cnc4[nH]c(C)nc4c3)cc2C1. The number of imidazole rings is 1. The van der Waals surface area contributed by atoms with E-state index in [-0.39, 0.29) is 6.17 Å². The quantitative estimate of drug-likeness (QED) is 0.622. The number of aromatic amines is 1. The Morgan fingerprint density at radius 3 is 2.82 bits per heavy atom. The maximum absolute atomic E-state index is 6.19. The van der Waals surface area contributed by atoms with Gasteiger partial charge in [0.2, 0.25) is 0 Å². The first-order valence-electron chi connectivity index (χ1n) is 11.9. The van der Waals surface area contributed by atoms with Crippen molar-refractivity contribution in [2.45, 2.75) is 39.9 Å². The minimum absolute atomic E-state index is 0.160. The molecule has 0 bridgehead atoms. The van der Waals surface area contributed by atoms with Crippen LogP contribution in [0.2, 0.25) is 0 Å². The van der Waals surface area contributed by atoms with Crippen LogP contribution >= 0.6 is 0 Å². The first kappa shape index (κ1) is 22.6. The average Bonchev–Trinajstić information content (AvgIpc) is 3.05. The second kappa shape index (κ2) is 9.19. The van der Waals surface area contributed by atoms with Crippen molar-refractivity contribution in [3.05, 3.63) is 53.1 Å². The lowest BCUT2D eigenvalue weighted by atomic mass is 10.0. The third-order valence-electron chi connectivity index (χ3n) is 6.52. The van der Waals surface area contributed by atoms with Crippen LogP contribution in [0.25, 0.3) is 22.3 Å². The summed E-state index contributed by atoms with van der Waals surface area (Å²) in [6.45, 7) is 9.42. The lowest BCUT2D eigenvalue weighted by molar-refractivity contribution is 0.0761. The lowest BCUT2D eigenvalue weighted by Gasteiger charge is -2.42. The summed E-state index contributed by atoms with van der Waals surface area (Å²) in [6, 6.07) is 8.55. The van der Waals surface area contributed by atoms with Crippen molar-refractivity contribution in [1.82, 2.24) is 29.7 Å². The van der Waals surface area contributed by atoms with Crippen molar-refractivity contribution in [2.24, 2.45) is 4.99 Å². The van der Waals surface area contributed by atoms with E-state index >= 15 is 0 Å². The van der Waals surface area contributed by atoms with E-state index < -0.39 is 0 Å². The van der Waals surface area contributed by atoms with Gasteiger partial charge in [0.15, 0.2) is 5.65 Å². The van der Waals surface area contributed by atoms with Gasteiger partial charge in [-0.1, -0.05) is 13.0 Å². The number of ether oxygens (including phenoxy) is 1. The summed E-state index contributed by atoms with van der Waals surface area (Å²) < 4.78 is 6.19. The molecular formula is C26H33N7O. The van der Waals surface area contributed by atoms with Crippen LogP contribution in [0.15, 0.2) is 46.7 Å². The monoisotopic (exact) mass is 459 g/mol.